The minimum atomic E-state index is -0.696. The Hall–Kier alpha value is -14.9. The number of hydrogen-bond acceptors (Lipinski definition) is 8. The summed E-state index contributed by atoms with van der Waals surface area (Å²) in [6, 6.07) is 138. The van der Waals surface area contributed by atoms with Crippen molar-refractivity contribution in [1.82, 2.24) is 29.9 Å². The van der Waals surface area contributed by atoms with Gasteiger partial charge in [0.25, 0.3) is 0 Å². The Bertz CT molecular complexity index is 6790. The summed E-state index contributed by atoms with van der Waals surface area (Å²) in [7, 11) is 0. The van der Waals surface area contributed by atoms with Crippen molar-refractivity contribution in [3.63, 3.8) is 0 Å². The molecule has 2 spiro atoms. The highest BCUT2D eigenvalue weighted by atomic mass is 16.5. The Kier molecular flexibility index (Phi) is 14.9. The second-order valence-electron chi connectivity index (χ2n) is 29.0. The smallest absolute Gasteiger partial charge is 0.164 e. The molecule has 4 aliphatic rings. The summed E-state index contributed by atoms with van der Waals surface area (Å²) in [6.45, 7) is 0. The first-order chi connectivity index (χ1) is 55.5. The summed E-state index contributed by atoms with van der Waals surface area (Å²) in [5, 5.41) is 0. The van der Waals surface area contributed by atoms with Crippen molar-refractivity contribution in [3.8, 4) is 169 Å². The van der Waals surface area contributed by atoms with Gasteiger partial charge in [-0.3, -0.25) is 0 Å². The summed E-state index contributed by atoms with van der Waals surface area (Å²) in [5.74, 6) is 6.75. The molecule has 2 aliphatic carbocycles. The van der Waals surface area contributed by atoms with E-state index in [-0.39, 0.29) is 0 Å². The minimum Gasteiger partial charge on any atom is -0.457 e. The van der Waals surface area contributed by atoms with Gasteiger partial charge in [0.05, 0.1) is 10.8 Å². The van der Waals surface area contributed by atoms with Crippen LogP contribution in [-0.4, -0.2) is 29.9 Å². The Labute approximate surface area is 648 Å². The van der Waals surface area contributed by atoms with Crippen LogP contribution in [0.15, 0.2) is 388 Å². The van der Waals surface area contributed by atoms with E-state index in [9.17, 15) is 0 Å². The number of nitrogens with zero attached hydrogens (tertiary/aromatic N) is 6. The predicted molar refractivity (Wildman–Crippen MR) is 448 cm³/mol. The molecule has 22 rings (SSSR count). The Balaban J connectivity index is 0.598. The zero-order valence-electron chi connectivity index (χ0n) is 60.5. The van der Waals surface area contributed by atoms with E-state index < -0.39 is 10.8 Å². The van der Waals surface area contributed by atoms with Gasteiger partial charge in [0.1, 0.15) is 23.0 Å². The van der Waals surface area contributed by atoms with Crippen LogP contribution in [0.3, 0.4) is 0 Å². The van der Waals surface area contributed by atoms with E-state index in [4.69, 9.17) is 39.4 Å². The van der Waals surface area contributed by atoms with Crippen LogP contribution in [0.5, 0.6) is 23.0 Å². The summed E-state index contributed by atoms with van der Waals surface area (Å²) in [6.07, 6.45) is 0. The van der Waals surface area contributed by atoms with Crippen molar-refractivity contribution in [2.45, 2.75) is 10.8 Å². The molecular weight excluding hydrogens is 1370 g/mol. The van der Waals surface area contributed by atoms with Gasteiger partial charge < -0.3 is 9.47 Å². The third-order valence-electron chi connectivity index (χ3n) is 23.0. The van der Waals surface area contributed by atoms with E-state index in [0.29, 0.717) is 34.9 Å². The third kappa shape index (κ3) is 10.2. The maximum Gasteiger partial charge on any atom is 0.164 e. The normalized spacial score (nSPS) is 14.0. The first kappa shape index (κ1) is 64.3. The Morgan fingerprint density at radius 1 is 0.143 bits per heavy atom. The van der Waals surface area contributed by atoms with Crippen molar-refractivity contribution < 1.29 is 9.47 Å². The molecule has 0 saturated heterocycles. The molecule has 4 heterocycles. The van der Waals surface area contributed by atoms with Gasteiger partial charge in [-0.2, -0.15) is 0 Å². The van der Waals surface area contributed by atoms with E-state index in [1.165, 1.54) is 44.5 Å². The molecule has 2 aromatic heterocycles. The average Bonchev–Trinajstić information content (AvgIpc) is 1.51. The predicted octanol–water partition coefficient (Wildman–Crippen LogP) is 25.3. The van der Waals surface area contributed by atoms with Crippen LogP contribution in [0.4, 0.5) is 0 Å². The maximum atomic E-state index is 7.14. The number of ether oxygens (including phenoxy) is 2. The molecule has 2 aliphatic heterocycles. The first-order valence-electron chi connectivity index (χ1n) is 38.0. The van der Waals surface area contributed by atoms with Gasteiger partial charge in [0.15, 0.2) is 34.9 Å². The summed E-state index contributed by atoms with van der Waals surface area (Å²) in [5.41, 5.74) is 28.7. The van der Waals surface area contributed by atoms with Crippen molar-refractivity contribution in [2.75, 3.05) is 0 Å². The lowest BCUT2D eigenvalue weighted by atomic mass is 9.66. The minimum absolute atomic E-state index is 0.569. The first-order valence-corrected chi connectivity index (χ1v) is 38.0. The third-order valence-corrected chi connectivity index (χ3v) is 23.0. The van der Waals surface area contributed by atoms with Crippen LogP contribution in [-0.2, 0) is 10.8 Å². The van der Waals surface area contributed by atoms with Crippen LogP contribution in [0.1, 0.15) is 44.5 Å². The van der Waals surface area contributed by atoms with Gasteiger partial charge in [-0.1, -0.05) is 352 Å². The fourth-order valence-electron chi connectivity index (χ4n) is 18.1. The van der Waals surface area contributed by atoms with Crippen LogP contribution >= 0.6 is 0 Å². The molecule has 522 valence electrons. The van der Waals surface area contributed by atoms with Crippen molar-refractivity contribution in [2.24, 2.45) is 0 Å². The second kappa shape index (κ2) is 25.9. The molecular formula is C104H64N6O2. The number of para-hydroxylation sites is 2. The highest BCUT2D eigenvalue weighted by molar-refractivity contribution is 5.94. The van der Waals surface area contributed by atoms with Crippen LogP contribution in [0.2, 0.25) is 0 Å². The summed E-state index contributed by atoms with van der Waals surface area (Å²) >= 11 is 0. The number of rotatable bonds is 11. The second-order valence-corrected chi connectivity index (χ2v) is 29.0. The zero-order valence-corrected chi connectivity index (χ0v) is 60.5. The number of fused-ring (bicyclic) bond motifs is 18. The molecule has 8 heteroatoms. The van der Waals surface area contributed by atoms with Gasteiger partial charge in [-0.25, -0.2) is 29.9 Å². The Morgan fingerprint density at radius 3 is 0.875 bits per heavy atom. The Morgan fingerprint density at radius 2 is 0.420 bits per heavy atom. The maximum absolute atomic E-state index is 7.14. The van der Waals surface area contributed by atoms with Crippen LogP contribution in [0, 0.1) is 0 Å². The molecule has 8 nitrogen and oxygen atoms in total. The topological polar surface area (TPSA) is 95.8 Å². The average molecular weight is 1430 g/mol. The lowest BCUT2D eigenvalue weighted by Crippen LogP contribution is -2.32. The number of benzene rings is 16. The largest absolute Gasteiger partial charge is 0.457 e. The highest BCUT2D eigenvalue weighted by Gasteiger charge is 2.53. The molecule has 0 bridgehead atoms. The van der Waals surface area contributed by atoms with E-state index in [0.717, 1.165) is 134 Å². The van der Waals surface area contributed by atoms with Crippen LogP contribution in [0.25, 0.3) is 146 Å². The molecule has 1 atom stereocenters. The molecule has 112 heavy (non-hydrogen) atoms. The van der Waals surface area contributed by atoms with Gasteiger partial charge in [0.2, 0.25) is 0 Å². The van der Waals surface area contributed by atoms with Gasteiger partial charge in [0, 0.05) is 55.6 Å². The quantitative estimate of drug-likeness (QED) is 0.126. The molecule has 16 aromatic carbocycles. The van der Waals surface area contributed by atoms with Gasteiger partial charge in [-0.05, 0) is 137 Å². The fourth-order valence-corrected chi connectivity index (χ4v) is 18.1. The van der Waals surface area contributed by atoms with Gasteiger partial charge in [-0.15, -0.1) is 0 Å². The summed E-state index contributed by atoms with van der Waals surface area (Å²) in [4.78, 5) is 31.7. The lowest BCUT2D eigenvalue weighted by molar-refractivity contribution is 0.436. The van der Waals surface area contributed by atoms with Gasteiger partial charge >= 0.3 is 0 Å². The van der Waals surface area contributed by atoms with Crippen molar-refractivity contribution >= 4 is 0 Å². The van der Waals surface area contributed by atoms with Crippen LogP contribution < -0.4 is 9.47 Å². The van der Waals surface area contributed by atoms with E-state index in [2.05, 4.69) is 340 Å². The standard InChI is InChI=1S/C104H64N6O2/c1-4-27-67(28-5-1)75-35-10-13-41-81(75)101-107-98(69-31-8-3-9-32-69)108-102(110-101)83-43-15-12-37-77(83)73-57-60-92-96(64-73)112-94-50-25-23-48-90(94)104(92)87-46-21-18-40-80(87)84-62-71(55-58-88(84)104)66-53-51-65(52-54-66)70-33-26-34-74(61-70)99-105-97(68-29-6-2-7-30-68)106-100(109-99)82-42-14-11-36-76(82)72-56-59-91-95(63-72)111-93-49-24-22-47-89(93)103(91)85-44-19-16-38-78(85)79-39-17-20-45-86(79)103/h1-64H. The van der Waals surface area contributed by atoms with E-state index >= 15 is 0 Å². The molecule has 0 fully saturated rings. The molecule has 0 N–H and O–H groups in total. The summed E-state index contributed by atoms with van der Waals surface area (Å²) < 4.78 is 14.1. The number of aromatic nitrogens is 6. The lowest BCUT2D eigenvalue weighted by Gasteiger charge is -2.39. The monoisotopic (exact) mass is 1430 g/mol. The van der Waals surface area contributed by atoms with E-state index in [1.807, 2.05) is 48.5 Å². The zero-order chi connectivity index (χ0) is 73.9. The molecule has 0 saturated carbocycles. The SMILES string of the molecule is c1ccc(-c2nc(-c3cccc(-c4ccc(-c5ccc6c(c5)-c5ccccc5C65c6ccccc6Oc6cc(-c7ccccc7-c7nc(-c8ccccc8)nc(-c8ccccc8-c8ccccc8)n7)ccc65)cc4)c3)nc(-c3ccccc3-c3ccc4c(c3)Oc3ccccc3C43c4ccccc4-c4ccccc43)n2)cc1. The van der Waals surface area contributed by atoms with E-state index in [1.54, 1.807) is 0 Å². The molecule has 0 amide bonds. The molecule has 0 radical (unpaired) electrons. The highest BCUT2D eigenvalue weighted by Crippen LogP contribution is 2.65. The van der Waals surface area contributed by atoms with Crippen molar-refractivity contribution in [3.05, 3.63) is 433 Å². The molecule has 18 aromatic rings. The number of hydrogen-bond donors (Lipinski definition) is 0. The van der Waals surface area contributed by atoms with Crippen molar-refractivity contribution in [1.29, 1.82) is 0 Å². The fraction of sp³-hybridized carbons (Fsp3) is 0.0192. The molecule has 1 unspecified atom stereocenters.